The van der Waals surface area contributed by atoms with Crippen molar-refractivity contribution < 1.29 is 14.5 Å². The van der Waals surface area contributed by atoms with Gasteiger partial charge in [-0.1, -0.05) is 29.4 Å². The van der Waals surface area contributed by atoms with Gasteiger partial charge in [0.1, 0.15) is 5.69 Å². The van der Waals surface area contributed by atoms with Crippen LogP contribution in [0.15, 0.2) is 46.3 Å². The van der Waals surface area contributed by atoms with Gasteiger partial charge in [0.05, 0.1) is 34.2 Å². The van der Waals surface area contributed by atoms with Crippen LogP contribution in [-0.4, -0.2) is 38.8 Å². The van der Waals surface area contributed by atoms with Crippen molar-refractivity contribution >= 4 is 51.5 Å². The third kappa shape index (κ3) is 5.35. The molecule has 1 fully saturated rings. The van der Waals surface area contributed by atoms with Crippen LogP contribution in [0.1, 0.15) is 18.4 Å². The van der Waals surface area contributed by atoms with E-state index >= 15 is 0 Å². The van der Waals surface area contributed by atoms with E-state index in [1.165, 1.54) is 16.7 Å². The molecule has 1 amide bonds. The zero-order chi connectivity index (χ0) is 23.5. The number of fused-ring (bicyclic) bond motifs is 1. The van der Waals surface area contributed by atoms with Crippen LogP contribution in [0.25, 0.3) is 10.9 Å². The average molecular weight is 489 g/mol. The van der Waals surface area contributed by atoms with Crippen LogP contribution in [0.5, 0.6) is 0 Å². The molecule has 2 aromatic carbocycles. The fourth-order valence-corrected chi connectivity index (χ4v) is 4.63. The monoisotopic (exact) mass is 488 g/mol. The molecule has 1 atom stereocenters. The van der Waals surface area contributed by atoms with Crippen molar-refractivity contribution in [3.63, 3.8) is 0 Å². The average Bonchev–Trinajstić information content (AvgIpc) is 3.28. The highest BCUT2D eigenvalue weighted by atomic mass is 35.5. The minimum Gasteiger partial charge on any atom is -0.376 e. The third-order valence-electron chi connectivity index (χ3n) is 5.25. The van der Waals surface area contributed by atoms with E-state index in [1.54, 1.807) is 31.2 Å². The first kappa shape index (κ1) is 23.2. The van der Waals surface area contributed by atoms with E-state index in [2.05, 4.69) is 10.3 Å². The van der Waals surface area contributed by atoms with Gasteiger partial charge in [-0.25, -0.2) is 4.98 Å². The molecule has 0 radical (unpaired) electrons. The number of aryl methyl sites for hydroxylation is 1. The summed E-state index contributed by atoms with van der Waals surface area (Å²) in [6.07, 6.45) is 1.67. The van der Waals surface area contributed by atoms with Crippen molar-refractivity contribution in [1.29, 1.82) is 0 Å². The van der Waals surface area contributed by atoms with Gasteiger partial charge in [0.15, 0.2) is 5.16 Å². The molecule has 1 unspecified atom stereocenters. The van der Waals surface area contributed by atoms with E-state index in [-0.39, 0.29) is 28.8 Å². The Bertz CT molecular complexity index is 1290. The van der Waals surface area contributed by atoms with Gasteiger partial charge in [0.2, 0.25) is 5.91 Å². The van der Waals surface area contributed by atoms with Gasteiger partial charge in [-0.3, -0.25) is 24.3 Å². The topological polar surface area (TPSA) is 116 Å². The number of carbonyl (C=O) groups excluding carboxylic acids is 1. The number of thioether (sulfide) groups is 1. The minimum absolute atomic E-state index is 0.0882. The van der Waals surface area contributed by atoms with Crippen LogP contribution in [0, 0.1) is 17.0 Å². The van der Waals surface area contributed by atoms with Crippen molar-refractivity contribution in [1.82, 2.24) is 9.55 Å². The highest BCUT2D eigenvalue weighted by Crippen LogP contribution is 2.27. The summed E-state index contributed by atoms with van der Waals surface area (Å²) >= 11 is 7.16. The highest BCUT2D eigenvalue weighted by molar-refractivity contribution is 7.99. The zero-order valence-electron chi connectivity index (χ0n) is 17.7. The maximum Gasteiger partial charge on any atom is 0.293 e. The maximum atomic E-state index is 13.2. The number of carbonyl (C=O) groups is 1. The van der Waals surface area contributed by atoms with Crippen molar-refractivity contribution in [2.45, 2.75) is 37.6 Å². The van der Waals surface area contributed by atoms with Gasteiger partial charge in [-0.05, 0) is 49.6 Å². The second-order valence-corrected chi connectivity index (χ2v) is 9.10. The lowest BCUT2D eigenvalue weighted by atomic mass is 10.2. The molecule has 3 aromatic rings. The van der Waals surface area contributed by atoms with E-state index in [9.17, 15) is 19.7 Å². The third-order valence-corrected chi connectivity index (χ3v) is 6.46. The largest absolute Gasteiger partial charge is 0.376 e. The van der Waals surface area contributed by atoms with Crippen molar-refractivity contribution in [2.75, 3.05) is 17.7 Å². The molecule has 0 spiro atoms. The number of halogens is 1. The summed E-state index contributed by atoms with van der Waals surface area (Å²) in [5, 5.41) is 15.1. The van der Waals surface area contributed by atoms with Gasteiger partial charge in [0.25, 0.3) is 11.2 Å². The number of hydrogen-bond acceptors (Lipinski definition) is 7. The molecule has 1 saturated heterocycles. The fourth-order valence-electron chi connectivity index (χ4n) is 3.65. The van der Waals surface area contributed by atoms with Gasteiger partial charge in [-0.15, -0.1) is 0 Å². The lowest BCUT2D eigenvalue weighted by Crippen LogP contribution is -2.29. The summed E-state index contributed by atoms with van der Waals surface area (Å²) in [6, 6.07) is 9.46. The second-order valence-electron chi connectivity index (χ2n) is 7.72. The molecular formula is C22H21ClN4O5S. The van der Waals surface area contributed by atoms with Crippen LogP contribution in [0.4, 0.5) is 11.4 Å². The summed E-state index contributed by atoms with van der Waals surface area (Å²) in [4.78, 5) is 41.1. The number of anilines is 1. The van der Waals surface area contributed by atoms with E-state index < -0.39 is 10.8 Å². The molecule has 1 aliphatic rings. The molecule has 0 saturated carbocycles. The normalized spacial score (nSPS) is 15.6. The van der Waals surface area contributed by atoms with Crippen molar-refractivity contribution in [3.8, 4) is 0 Å². The Labute approximate surface area is 198 Å². The Balaban J connectivity index is 1.59. The SMILES string of the molecule is Cc1ccc(NC(=O)CSc2nc3cc(Cl)ccc3c(=O)n2CC2CCCO2)c([N+](=O)[O-])c1. The van der Waals surface area contributed by atoms with Crippen LogP contribution in [0.2, 0.25) is 5.02 Å². The number of hydrogen-bond donors (Lipinski definition) is 1. The number of amides is 1. The molecule has 1 aliphatic heterocycles. The quantitative estimate of drug-likeness (QED) is 0.229. The van der Waals surface area contributed by atoms with Crippen molar-refractivity contribution in [2.24, 2.45) is 0 Å². The summed E-state index contributed by atoms with van der Waals surface area (Å²) in [5.74, 6) is -0.536. The molecule has 4 rings (SSSR count). The van der Waals surface area contributed by atoms with E-state index in [4.69, 9.17) is 16.3 Å². The molecule has 9 nitrogen and oxygen atoms in total. The van der Waals surface area contributed by atoms with Crippen LogP contribution >= 0.6 is 23.4 Å². The molecule has 11 heteroatoms. The highest BCUT2D eigenvalue weighted by Gasteiger charge is 2.21. The molecular weight excluding hydrogens is 468 g/mol. The number of rotatable bonds is 7. The Kier molecular flexibility index (Phi) is 6.96. The second kappa shape index (κ2) is 9.90. The lowest BCUT2D eigenvalue weighted by molar-refractivity contribution is -0.384. The number of nitro groups is 1. The van der Waals surface area contributed by atoms with Gasteiger partial charge < -0.3 is 10.1 Å². The predicted molar refractivity (Wildman–Crippen MR) is 127 cm³/mol. The Hall–Kier alpha value is -2.95. The molecule has 0 aliphatic carbocycles. The molecule has 33 heavy (non-hydrogen) atoms. The molecule has 0 bridgehead atoms. The first-order valence-corrected chi connectivity index (χ1v) is 11.7. The Morgan fingerprint density at radius 3 is 2.91 bits per heavy atom. The Morgan fingerprint density at radius 2 is 2.18 bits per heavy atom. The number of ether oxygens (including phenoxy) is 1. The number of aromatic nitrogens is 2. The minimum atomic E-state index is -0.538. The summed E-state index contributed by atoms with van der Waals surface area (Å²) in [7, 11) is 0. The summed E-state index contributed by atoms with van der Waals surface area (Å²) in [5.41, 5.74) is 0.858. The standard InChI is InChI=1S/C22H21ClN4O5S/c1-13-4-7-17(19(9-13)27(30)31)24-20(28)12-33-22-25-18-10-14(23)5-6-16(18)21(29)26(22)11-15-3-2-8-32-15/h4-7,9-10,15H,2-3,8,11-12H2,1H3,(H,24,28). The lowest BCUT2D eigenvalue weighted by Gasteiger charge is -2.16. The van der Waals surface area contributed by atoms with Gasteiger partial charge >= 0.3 is 0 Å². The first-order valence-electron chi connectivity index (χ1n) is 10.3. The van der Waals surface area contributed by atoms with Crippen LogP contribution in [0.3, 0.4) is 0 Å². The van der Waals surface area contributed by atoms with E-state index in [1.807, 2.05) is 0 Å². The summed E-state index contributed by atoms with van der Waals surface area (Å²) < 4.78 is 7.21. The van der Waals surface area contributed by atoms with E-state index in [0.717, 1.165) is 24.6 Å². The zero-order valence-corrected chi connectivity index (χ0v) is 19.3. The number of benzene rings is 2. The first-order chi connectivity index (χ1) is 15.8. The number of nitrogens with one attached hydrogen (secondary N) is 1. The molecule has 172 valence electrons. The summed E-state index contributed by atoms with van der Waals surface area (Å²) in [6.45, 7) is 2.72. The smallest absolute Gasteiger partial charge is 0.293 e. The molecule has 2 heterocycles. The Morgan fingerprint density at radius 1 is 1.36 bits per heavy atom. The number of nitro benzene ring substituents is 1. The maximum absolute atomic E-state index is 13.2. The fraction of sp³-hybridized carbons (Fsp3) is 0.318. The molecule has 1 N–H and O–H groups in total. The van der Waals surface area contributed by atoms with E-state index in [0.29, 0.717) is 39.8 Å². The van der Waals surface area contributed by atoms with Crippen LogP contribution in [-0.2, 0) is 16.1 Å². The predicted octanol–water partition coefficient (Wildman–Crippen LogP) is 4.18. The van der Waals surface area contributed by atoms with Crippen molar-refractivity contribution in [3.05, 3.63) is 67.5 Å². The van der Waals surface area contributed by atoms with Gasteiger partial charge in [-0.2, -0.15) is 0 Å². The van der Waals surface area contributed by atoms with Gasteiger partial charge in [0, 0.05) is 17.7 Å². The number of nitrogens with zero attached hydrogens (tertiary/aromatic N) is 3. The molecule has 1 aromatic heterocycles. The van der Waals surface area contributed by atoms with Crippen LogP contribution < -0.4 is 10.9 Å².